The Morgan fingerprint density at radius 3 is 1.88 bits per heavy atom. The topological polar surface area (TPSA) is 89.9 Å². The number of carboxylic acids is 1. The minimum atomic E-state index is -2.18. The molecular formula is C18H30O6. The number of hydrogen-bond donors (Lipinski definition) is 1. The predicted molar refractivity (Wildman–Crippen MR) is 88.2 cm³/mol. The Balaban J connectivity index is 2.89. The van der Waals surface area contributed by atoms with Crippen LogP contribution in [0.15, 0.2) is 0 Å². The van der Waals surface area contributed by atoms with Crippen molar-refractivity contribution in [2.75, 3.05) is 0 Å². The Hall–Kier alpha value is -1.59. The van der Waals surface area contributed by atoms with Gasteiger partial charge in [-0.05, 0) is 25.2 Å². The normalized spacial score (nSPS) is 20.3. The summed E-state index contributed by atoms with van der Waals surface area (Å²) in [7, 11) is 0. The third-order valence-electron chi connectivity index (χ3n) is 4.18. The number of cyclic esters (lactones) is 2. The molecule has 0 atom stereocenters. The summed E-state index contributed by atoms with van der Waals surface area (Å²) in [6.45, 7) is 4.05. The molecule has 1 rings (SSSR count). The van der Waals surface area contributed by atoms with Gasteiger partial charge < -0.3 is 14.6 Å². The molecule has 1 N–H and O–H groups in total. The van der Waals surface area contributed by atoms with Crippen LogP contribution in [0.4, 0.5) is 0 Å². The summed E-state index contributed by atoms with van der Waals surface area (Å²) < 4.78 is 10.4. The lowest BCUT2D eigenvalue weighted by Gasteiger charge is -2.29. The first kappa shape index (κ1) is 20.5. The van der Waals surface area contributed by atoms with E-state index in [-0.39, 0.29) is 19.3 Å². The number of carboxylic acid groups (broad SMARTS) is 1. The van der Waals surface area contributed by atoms with Gasteiger partial charge in [-0.15, -0.1) is 0 Å². The highest BCUT2D eigenvalue weighted by Crippen LogP contribution is 2.26. The second kappa shape index (κ2) is 10.3. The van der Waals surface area contributed by atoms with Crippen LogP contribution in [0, 0.1) is 5.92 Å². The molecule has 24 heavy (non-hydrogen) atoms. The van der Waals surface area contributed by atoms with Crippen LogP contribution in [0.3, 0.4) is 0 Å². The van der Waals surface area contributed by atoms with E-state index in [1.54, 1.807) is 0 Å². The summed E-state index contributed by atoms with van der Waals surface area (Å²) in [4.78, 5) is 35.8. The molecule has 1 saturated heterocycles. The average molecular weight is 342 g/mol. The molecule has 0 radical (unpaired) electrons. The van der Waals surface area contributed by atoms with Gasteiger partial charge in [0.25, 0.3) is 0 Å². The number of hydrogen-bond acceptors (Lipinski definition) is 5. The van der Waals surface area contributed by atoms with Crippen LogP contribution in [0.25, 0.3) is 0 Å². The molecule has 0 aromatic rings. The van der Waals surface area contributed by atoms with E-state index in [1.807, 2.05) is 13.8 Å². The Kier molecular flexibility index (Phi) is 8.79. The molecule has 0 amide bonds. The summed E-state index contributed by atoms with van der Waals surface area (Å²) in [6.07, 6.45) is 6.68. The Morgan fingerprint density at radius 1 is 1.00 bits per heavy atom. The molecule has 0 aliphatic carbocycles. The van der Waals surface area contributed by atoms with E-state index in [2.05, 4.69) is 0 Å². The standard InChI is InChI=1S/C18H30O6/c1-14(2)10-9-13-18(17(21)22)23-15(19)11-7-5-3-4-6-8-12-16(20)24-18/h14H,3-13H2,1-2H3,(H,21,22). The lowest BCUT2D eigenvalue weighted by atomic mass is 10.0. The number of rotatable bonds is 5. The number of aliphatic carboxylic acids is 1. The highest BCUT2D eigenvalue weighted by Gasteiger charge is 2.46. The first-order chi connectivity index (χ1) is 11.4. The van der Waals surface area contributed by atoms with E-state index in [4.69, 9.17) is 9.47 Å². The van der Waals surface area contributed by atoms with Crippen molar-refractivity contribution in [2.24, 2.45) is 5.92 Å². The second-order valence-corrected chi connectivity index (χ2v) is 6.91. The van der Waals surface area contributed by atoms with E-state index >= 15 is 0 Å². The fraction of sp³-hybridized carbons (Fsp3) is 0.833. The van der Waals surface area contributed by atoms with Crippen molar-refractivity contribution >= 4 is 17.9 Å². The van der Waals surface area contributed by atoms with Gasteiger partial charge in [-0.25, -0.2) is 4.79 Å². The molecule has 1 aliphatic rings. The van der Waals surface area contributed by atoms with Crippen LogP contribution in [0.1, 0.15) is 84.5 Å². The summed E-state index contributed by atoms with van der Waals surface area (Å²) >= 11 is 0. The van der Waals surface area contributed by atoms with Crippen molar-refractivity contribution in [3.63, 3.8) is 0 Å². The Morgan fingerprint density at radius 2 is 1.46 bits per heavy atom. The number of carbonyl (C=O) groups is 3. The van der Waals surface area contributed by atoms with Crippen LogP contribution < -0.4 is 0 Å². The van der Waals surface area contributed by atoms with Crippen LogP contribution in [0.5, 0.6) is 0 Å². The van der Waals surface area contributed by atoms with Crippen molar-refractivity contribution in [1.29, 1.82) is 0 Å². The average Bonchev–Trinajstić information content (AvgIpc) is 2.49. The second-order valence-electron chi connectivity index (χ2n) is 6.91. The van der Waals surface area contributed by atoms with Crippen molar-refractivity contribution in [3.8, 4) is 0 Å². The fourth-order valence-electron chi connectivity index (χ4n) is 2.78. The molecule has 138 valence electrons. The van der Waals surface area contributed by atoms with E-state index < -0.39 is 23.7 Å². The van der Waals surface area contributed by atoms with Gasteiger partial charge in [0, 0.05) is 19.3 Å². The van der Waals surface area contributed by atoms with Gasteiger partial charge in [0.1, 0.15) is 0 Å². The highest BCUT2D eigenvalue weighted by atomic mass is 16.7. The molecule has 6 nitrogen and oxygen atoms in total. The highest BCUT2D eigenvalue weighted by molar-refractivity contribution is 5.83. The molecule has 0 saturated carbocycles. The maximum atomic E-state index is 12.0. The lowest BCUT2D eigenvalue weighted by molar-refractivity contribution is -0.239. The molecule has 0 aromatic heterocycles. The summed E-state index contributed by atoms with van der Waals surface area (Å²) in [5.74, 6) is -4.44. The van der Waals surface area contributed by atoms with Crippen LogP contribution >= 0.6 is 0 Å². The quantitative estimate of drug-likeness (QED) is 0.764. The predicted octanol–water partition coefficient (Wildman–Crippen LogP) is 3.81. The van der Waals surface area contributed by atoms with Crippen molar-refractivity contribution in [2.45, 2.75) is 90.3 Å². The molecule has 1 fully saturated rings. The van der Waals surface area contributed by atoms with E-state index in [9.17, 15) is 19.5 Å². The Labute approximate surface area is 143 Å². The molecule has 6 heteroatoms. The molecule has 0 unspecified atom stereocenters. The zero-order chi connectivity index (χ0) is 18.0. The van der Waals surface area contributed by atoms with Gasteiger partial charge in [-0.2, -0.15) is 0 Å². The van der Waals surface area contributed by atoms with Crippen LogP contribution in [-0.4, -0.2) is 28.8 Å². The number of ether oxygens (including phenoxy) is 2. The third-order valence-corrected chi connectivity index (χ3v) is 4.18. The van der Waals surface area contributed by atoms with E-state index in [0.717, 1.165) is 32.1 Å². The van der Waals surface area contributed by atoms with Gasteiger partial charge >= 0.3 is 23.7 Å². The minimum absolute atomic E-state index is 0.0159. The third kappa shape index (κ3) is 7.32. The van der Waals surface area contributed by atoms with E-state index in [0.29, 0.717) is 25.2 Å². The maximum absolute atomic E-state index is 12.0. The van der Waals surface area contributed by atoms with Crippen molar-refractivity contribution in [3.05, 3.63) is 0 Å². The summed E-state index contributed by atoms with van der Waals surface area (Å²) in [5, 5.41) is 9.60. The molecule has 0 bridgehead atoms. The first-order valence-corrected chi connectivity index (χ1v) is 9.03. The van der Waals surface area contributed by atoms with Gasteiger partial charge in [0.2, 0.25) is 0 Å². The monoisotopic (exact) mass is 342 g/mol. The molecule has 1 heterocycles. The zero-order valence-electron chi connectivity index (χ0n) is 14.8. The zero-order valence-corrected chi connectivity index (χ0v) is 14.8. The maximum Gasteiger partial charge on any atom is 0.390 e. The minimum Gasteiger partial charge on any atom is -0.475 e. The lowest BCUT2D eigenvalue weighted by Crippen LogP contribution is -2.47. The van der Waals surface area contributed by atoms with E-state index in [1.165, 1.54) is 0 Å². The molecule has 1 aliphatic heterocycles. The smallest absolute Gasteiger partial charge is 0.390 e. The first-order valence-electron chi connectivity index (χ1n) is 9.03. The molecule has 0 aromatic carbocycles. The number of esters is 2. The summed E-state index contributed by atoms with van der Waals surface area (Å²) in [5.41, 5.74) is 0. The van der Waals surface area contributed by atoms with Crippen LogP contribution in [-0.2, 0) is 23.9 Å². The van der Waals surface area contributed by atoms with Gasteiger partial charge in [-0.3, -0.25) is 9.59 Å². The van der Waals surface area contributed by atoms with Crippen LogP contribution in [0.2, 0.25) is 0 Å². The van der Waals surface area contributed by atoms with Gasteiger partial charge in [-0.1, -0.05) is 46.0 Å². The van der Waals surface area contributed by atoms with Gasteiger partial charge in [0.15, 0.2) is 0 Å². The van der Waals surface area contributed by atoms with Crippen molar-refractivity contribution < 1.29 is 29.0 Å². The summed E-state index contributed by atoms with van der Waals surface area (Å²) in [6, 6.07) is 0. The number of carbonyl (C=O) groups excluding carboxylic acids is 2. The van der Waals surface area contributed by atoms with Gasteiger partial charge in [0.05, 0.1) is 0 Å². The SMILES string of the molecule is CC(C)CCCC1(C(=O)O)OC(=O)CCCCCCCCC(=O)O1. The van der Waals surface area contributed by atoms with Crippen molar-refractivity contribution in [1.82, 2.24) is 0 Å². The Bertz CT molecular complexity index is 405. The molecule has 0 spiro atoms. The fourth-order valence-corrected chi connectivity index (χ4v) is 2.78. The molecular weight excluding hydrogens is 312 g/mol. The largest absolute Gasteiger partial charge is 0.475 e.